The van der Waals surface area contributed by atoms with Gasteiger partial charge in [0.15, 0.2) is 0 Å². The minimum absolute atomic E-state index is 1.09. The summed E-state index contributed by atoms with van der Waals surface area (Å²) in [6.45, 7) is 3.54. The molecule has 0 unspecified atom stereocenters. The van der Waals surface area contributed by atoms with Crippen molar-refractivity contribution in [3.63, 3.8) is 0 Å². The molecule has 0 aromatic heterocycles. The van der Waals surface area contributed by atoms with E-state index >= 15 is 0 Å². The highest BCUT2D eigenvalue weighted by molar-refractivity contribution is 7.98. The van der Waals surface area contributed by atoms with Crippen molar-refractivity contribution in [3.8, 4) is 0 Å². The molecule has 0 aromatic carbocycles. The smallest absolute Gasteiger partial charge is 0.0113 e. The first kappa shape index (κ1) is 6.83. The summed E-state index contributed by atoms with van der Waals surface area (Å²) in [7, 11) is 0. The van der Waals surface area contributed by atoms with E-state index in [9.17, 15) is 0 Å². The van der Waals surface area contributed by atoms with Crippen LogP contribution in [0.3, 0.4) is 0 Å². The maximum Gasteiger partial charge on any atom is 0.0113 e. The van der Waals surface area contributed by atoms with Crippen LogP contribution in [-0.2, 0) is 0 Å². The van der Waals surface area contributed by atoms with Crippen LogP contribution in [-0.4, -0.2) is 12.0 Å². The second-order valence-electron chi connectivity index (χ2n) is 1.12. The van der Waals surface area contributed by atoms with Crippen LogP contribution < -0.4 is 0 Å². The molecule has 0 bridgehead atoms. The van der Waals surface area contributed by atoms with Crippen molar-refractivity contribution in [2.45, 2.75) is 0 Å². The molecule has 1 heteroatoms. The summed E-state index contributed by atoms with van der Waals surface area (Å²) in [4.78, 5) is 0. The molecule has 0 aliphatic rings. The maximum atomic E-state index is 3.54. The Morgan fingerprint density at radius 1 is 1.71 bits per heavy atom. The van der Waals surface area contributed by atoms with Crippen molar-refractivity contribution in [1.29, 1.82) is 0 Å². The van der Waals surface area contributed by atoms with E-state index in [2.05, 4.69) is 18.9 Å². The van der Waals surface area contributed by atoms with E-state index in [1.165, 1.54) is 0 Å². The van der Waals surface area contributed by atoms with Crippen molar-refractivity contribution in [3.05, 3.63) is 24.8 Å². The van der Waals surface area contributed by atoms with Gasteiger partial charge in [0.25, 0.3) is 0 Å². The Kier molecular flexibility index (Phi) is 5.69. The Balaban J connectivity index is 2.92. The highest BCUT2D eigenvalue weighted by atomic mass is 32.2. The molecule has 0 aliphatic carbocycles. The van der Waals surface area contributed by atoms with Gasteiger partial charge < -0.3 is 0 Å². The predicted octanol–water partition coefficient (Wildman–Crippen LogP) is 2.09. The SMILES string of the molecule is C=C/C=C\CSC. The fraction of sp³-hybridized carbons (Fsp3) is 0.333. The van der Waals surface area contributed by atoms with Crippen LogP contribution in [0.25, 0.3) is 0 Å². The molecule has 0 radical (unpaired) electrons. The number of rotatable bonds is 3. The molecule has 0 aromatic rings. The zero-order valence-electron chi connectivity index (χ0n) is 4.55. The molecule has 0 aliphatic heterocycles. The van der Waals surface area contributed by atoms with Crippen molar-refractivity contribution in [2.75, 3.05) is 12.0 Å². The number of hydrogen-bond acceptors (Lipinski definition) is 1. The Hall–Kier alpha value is -0.170. The summed E-state index contributed by atoms with van der Waals surface area (Å²) in [6.07, 6.45) is 7.90. The Labute approximate surface area is 49.3 Å². The third-order valence-corrected chi connectivity index (χ3v) is 1.06. The van der Waals surface area contributed by atoms with Gasteiger partial charge in [-0.05, 0) is 6.26 Å². The fourth-order valence-electron chi connectivity index (χ4n) is 0.248. The van der Waals surface area contributed by atoms with Gasteiger partial charge in [-0.2, -0.15) is 11.8 Å². The van der Waals surface area contributed by atoms with Crippen LogP contribution in [0.5, 0.6) is 0 Å². The van der Waals surface area contributed by atoms with Crippen LogP contribution in [0.2, 0.25) is 0 Å². The van der Waals surface area contributed by atoms with Crippen LogP contribution in [0.1, 0.15) is 0 Å². The largest absolute Gasteiger partial charge is 0.161 e. The van der Waals surface area contributed by atoms with Gasteiger partial charge in [0.2, 0.25) is 0 Å². The number of allylic oxidation sites excluding steroid dienone is 2. The molecular weight excluding hydrogens is 104 g/mol. The first-order chi connectivity index (χ1) is 3.41. The van der Waals surface area contributed by atoms with Gasteiger partial charge in [-0.3, -0.25) is 0 Å². The molecular formula is C6H10S. The summed E-state index contributed by atoms with van der Waals surface area (Å²) in [5.41, 5.74) is 0. The fourth-order valence-corrected chi connectivity index (χ4v) is 0.552. The average molecular weight is 114 g/mol. The molecule has 0 rings (SSSR count). The molecule has 0 saturated heterocycles. The lowest BCUT2D eigenvalue weighted by molar-refractivity contribution is 1.76. The molecule has 0 amide bonds. The van der Waals surface area contributed by atoms with E-state index in [4.69, 9.17) is 0 Å². The Morgan fingerprint density at radius 2 is 2.43 bits per heavy atom. The number of thioether (sulfide) groups is 1. The van der Waals surface area contributed by atoms with Crippen molar-refractivity contribution < 1.29 is 0 Å². The molecule has 0 spiro atoms. The summed E-state index contributed by atoms with van der Waals surface area (Å²) < 4.78 is 0. The van der Waals surface area contributed by atoms with E-state index in [1.807, 2.05) is 6.08 Å². The van der Waals surface area contributed by atoms with Crippen molar-refractivity contribution in [2.24, 2.45) is 0 Å². The lowest BCUT2D eigenvalue weighted by atomic mass is 10.5. The summed E-state index contributed by atoms with van der Waals surface area (Å²) in [5.74, 6) is 1.09. The lowest BCUT2D eigenvalue weighted by Gasteiger charge is -1.78. The molecule has 0 N–H and O–H groups in total. The van der Waals surface area contributed by atoms with Gasteiger partial charge in [0.05, 0.1) is 0 Å². The molecule has 0 heterocycles. The minimum atomic E-state index is 1.09. The van der Waals surface area contributed by atoms with Crippen LogP contribution in [0, 0.1) is 0 Å². The van der Waals surface area contributed by atoms with Crippen molar-refractivity contribution in [1.82, 2.24) is 0 Å². The van der Waals surface area contributed by atoms with Crippen LogP contribution >= 0.6 is 11.8 Å². The first-order valence-electron chi connectivity index (χ1n) is 2.18. The molecule has 0 atom stereocenters. The van der Waals surface area contributed by atoms with Gasteiger partial charge in [-0.25, -0.2) is 0 Å². The van der Waals surface area contributed by atoms with Gasteiger partial charge in [0, 0.05) is 5.75 Å². The monoisotopic (exact) mass is 114 g/mol. The summed E-state index contributed by atoms with van der Waals surface area (Å²) in [6, 6.07) is 0. The van der Waals surface area contributed by atoms with E-state index in [1.54, 1.807) is 17.8 Å². The van der Waals surface area contributed by atoms with Gasteiger partial charge in [-0.1, -0.05) is 24.8 Å². The molecule has 0 fully saturated rings. The molecule has 0 nitrogen and oxygen atoms in total. The standard InChI is InChI=1S/C6H10S/c1-3-4-5-6-7-2/h3-5H,1,6H2,2H3/b5-4-. The predicted molar refractivity (Wildman–Crippen MR) is 37.7 cm³/mol. The third kappa shape index (κ3) is 5.83. The third-order valence-electron chi connectivity index (χ3n) is 0.535. The van der Waals surface area contributed by atoms with E-state index in [0.717, 1.165) is 5.75 Å². The first-order valence-corrected chi connectivity index (χ1v) is 3.57. The number of hydrogen-bond donors (Lipinski definition) is 0. The van der Waals surface area contributed by atoms with Gasteiger partial charge in [-0.15, -0.1) is 0 Å². The summed E-state index contributed by atoms with van der Waals surface area (Å²) in [5, 5.41) is 0. The average Bonchev–Trinajstić information content (AvgIpc) is 1.69. The second-order valence-corrected chi connectivity index (χ2v) is 2.03. The topological polar surface area (TPSA) is 0 Å². The normalized spacial score (nSPS) is 9.86. The second kappa shape index (κ2) is 5.83. The molecule has 40 valence electrons. The van der Waals surface area contributed by atoms with Gasteiger partial charge >= 0.3 is 0 Å². The van der Waals surface area contributed by atoms with Crippen LogP contribution in [0.4, 0.5) is 0 Å². The zero-order valence-corrected chi connectivity index (χ0v) is 5.37. The Morgan fingerprint density at radius 3 is 2.86 bits per heavy atom. The molecule has 7 heavy (non-hydrogen) atoms. The van der Waals surface area contributed by atoms with E-state index < -0.39 is 0 Å². The quantitative estimate of drug-likeness (QED) is 0.506. The zero-order chi connectivity index (χ0) is 5.54. The summed E-state index contributed by atoms with van der Waals surface area (Å²) >= 11 is 1.81. The highest BCUT2D eigenvalue weighted by Gasteiger charge is 1.65. The highest BCUT2D eigenvalue weighted by Crippen LogP contribution is 1.90. The van der Waals surface area contributed by atoms with E-state index in [-0.39, 0.29) is 0 Å². The van der Waals surface area contributed by atoms with Gasteiger partial charge in [0.1, 0.15) is 0 Å². The van der Waals surface area contributed by atoms with Crippen molar-refractivity contribution >= 4 is 11.8 Å². The Bertz CT molecular complexity index is 64.6. The minimum Gasteiger partial charge on any atom is -0.161 e. The maximum absolute atomic E-state index is 3.54. The lowest BCUT2D eigenvalue weighted by Crippen LogP contribution is -1.61. The molecule has 0 saturated carbocycles. The van der Waals surface area contributed by atoms with Crippen LogP contribution in [0.15, 0.2) is 24.8 Å². The van der Waals surface area contributed by atoms with E-state index in [0.29, 0.717) is 0 Å².